The third-order valence-electron chi connectivity index (χ3n) is 6.40. The molecule has 1 fully saturated rings. The van der Waals surface area contributed by atoms with E-state index in [4.69, 9.17) is 9.47 Å². The zero-order chi connectivity index (χ0) is 20.5. The van der Waals surface area contributed by atoms with Gasteiger partial charge in [0.2, 0.25) is 6.79 Å². The van der Waals surface area contributed by atoms with Crippen LogP contribution in [0.5, 0.6) is 11.5 Å². The number of aromatic nitrogens is 1. The summed E-state index contributed by atoms with van der Waals surface area (Å²) in [4.78, 5) is 21.5. The van der Waals surface area contributed by atoms with E-state index in [2.05, 4.69) is 29.4 Å². The number of anilines is 1. The summed E-state index contributed by atoms with van der Waals surface area (Å²) in [5, 5.41) is 3.83. The van der Waals surface area contributed by atoms with E-state index in [1.165, 1.54) is 27.5 Å². The first-order valence-electron chi connectivity index (χ1n) is 11.0. The lowest BCUT2D eigenvalue weighted by atomic mass is 9.93. The van der Waals surface area contributed by atoms with Crippen molar-refractivity contribution >= 4 is 22.4 Å². The molecule has 8 heteroatoms. The molecule has 1 aromatic heterocycles. The molecule has 3 heterocycles. The Kier molecular flexibility index (Phi) is 5.62. The second-order valence-corrected chi connectivity index (χ2v) is 9.91. The van der Waals surface area contributed by atoms with E-state index in [0.29, 0.717) is 13.3 Å². The summed E-state index contributed by atoms with van der Waals surface area (Å²) in [7, 11) is 0. The van der Waals surface area contributed by atoms with E-state index in [1.54, 1.807) is 16.2 Å². The topological polar surface area (TPSA) is 69.3 Å². The van der Waals surface area contributed by atoms with Crippen molar-refractivity contribution in [1.29, 1.82) is 0 Å². The van der Waals surface area contributed by atoms with Gasteiger partial charge in [-0.15, -0.1) is 11.3 Å². The van der Waals surface area contributed by atoms with Gasteiger partial charge in [0.1, 0.15) is 32.7 Å². The molecule has 0 bridgehead atoms. The number of amides is 1. The predicted molar refractivity (Wildman–Crippen MR) is 114 cm³/mol. The highest BCUT2D eigenvalue weighted by Gasteiger charge is 2.26. The number of nitrogens with one attached hydrogen (secondary N) is 3. The smallest absolute Gasteiger partial charge is 0.281 e. The molecule has 5 rings (SSSR count). The number of piperazine rings is 1. The third kappa shape index (κ3) is 4.45. The first-order chi connectivity index (χ1) is 14.6. The predicted octanol–water partition coefficient (Wildman–Crippen LogP) is -0.0813. The van der Waals surface area contributed by atoms with Crippen molar-refractivity contribution in [2.45, 2.75) is 32.7 Å². The van der Waals surface area contributed by atoms with E-state index in [9.17, 15) is 4.79 Å². The largest absolute Gasteiger partial charge is 0.454 e. The van der Waals surface area contributed by atoms with Crippen LogP contribution < -0.4 is 24.6 Å². The van der Waals surface area contributed by atoms with E-state index in [-0.39, 0.29) is 5.91 Å². The van der Waals surface area contributed by atoms with Gasteiger partial charge in [0.05, 0.1) is 5.69 Å². The summed E-state index contributed by atoms with van der Waals surface area (Å²) in [5.74, 6) is 2.50. The number of fused-ring (bicyclic) bond motifs is 2. The molecule has 0 radical (unpaired) electrons. The van der Waals surface area contributed by atoms with Crippen molar-refractivity contribution in [3.63, 3.8) is 0 Å². The van der Waals surface area contributed by atoms with Gasteiger partial charge in [-0.25, -0.2) is 4.98 Å². The number of hydrogen-bond donors (Lipinski definition) is 3. The number of quaternary nitrogens is 2. The SMILES string of the molecule is C[C@H]1CCc2nc(NC(=O)C[NH+]3CC[NH+](Cc4ccc5c(c4)OCO5)CC3)sc2C1. The lowest BCUT2D eigenvalue weighted by Gasteiger charge is -2.29. The molecular formula is C22H30N4O3S+2. The number of carbonyl (C=O) groups excluding carboxylic acids is 1. The highest BCUT2D eigenvalue weighted by atomic mass is 32.1. The Bertz CT molecular complexity index is 923. The zero-order valence-electron chi connectivity index (χ0n) is 17.5. The van der Waals surface area contributed by atoms with Crippen LogP contribution >= 0.6 is 11.3 Å². The van der Waals surface area contributed by atoms with Gasteiger partial charge in [-0.1, -0.05) is 6.92 Å². The van der Waals surface area contributed by atoms with Crippen LogP contribution in [-0.2, 0) is 24.2 Å². The Labute approximate surface area is 181 Å². The normalized spacial score (nSPS) is 25.0. The summed E-state index contributed by atoms with van der Waals surface area (Å²) in [6, 6.07) is 6.22. The minimum Gasteiger partial charge on any atom is -0.454 e. The number of rotatable bonds is 5. The summed E-state index contributed by atoms with van der Waals surface area (Å²) < 4.78 is 10.9. The molecule has 1 aromatic carbocycles. The molecule has 2 aromatic rings. The number of nitrogens with zero attached hydrogens (tertiary/aromatic N) is 1. The number of ether oxygens (including phenoxy) is 2. The molecule has 160 valence electrons. The van der Waals surface area contributed by atoms with Crippen LogP contribution in [0, 0.1) is 5.92 Å². The van der Waals surface area contributed by atoms with Crippen molar-refractivity contribution in [1.82, 2.24) is 4.98 Å². The highest BCUT2D eigenvalue weighted by Crippen LogP contribution is 2.33. The fraction of sp³-hybridized carbons (Fsp3) is 0.545. The van der Waals surface area contributed by atoms with Gasteiger partial charge in [-0.05, 0) is 43.4 Å². The first kappa shape index (κ1) is 19.8. The Morgan fingerprint density at radius 1 is 1.20 bits per heavy atom. The minimum absolute atomic E-state index is 0.0865. The summed E-state index contributed by atoms with van der Waals surface area (Å²) >= 11 is 1.66. The van der Waals surface area contributed by atoms with Crippen LogP contribution in [-0.4, -0.2) is 50.4 Å². The third-order valence-corrected chi connectivity index (χ3v) is 7.43. The molecule has 0 spiro atoms. The van der Waals surface area contributed by atoms with E-state index >= 15 is 0 Å². The van der Waals surface area contributed by atoms with Gasteiger partial charge in [0.15, 0.2) is 23.2 Å². The molecule has 1 amide bonds. The Balaban J connectivity index is 1.08. The average Bonchev–Trinajstić information content (AvgIpc) is 3.34. The summed E-state index contributed by atoms with van der Waals surface area (Å²) in [6.07, 6.45) is 3.34. The Hall–Kier alpha value is -2.16. The number of carbonyl (C=O) groups is 1. The maximum Gasteiger partial charge on any atom is 0.281 e. The lowest BCUT2D eigenvalue weighted by Crippen LogP contribution is -3.28. The molecule has 1 atom stereocenters. The van der Waals surface area contributed by atoms with Gasteiger partial charge in [-0.2, -0.15) is 0 Å². The number of thiazole rings is 1. The van der Waals surface area contributed by atoms with Crippen LogP contribution in [0.2, 0.25) is 0 Å². The number of aryl methyl sites for hydroxylation is 1. The number of hydrogen-bond acceptors (Lipinski definition) is 5. The fourth-order valence-corrected chi connectivity index (χ4v) is 5.82. The summed E-state index contributed by atoms with van der Waals surface area (Å²) in [5.41, 5.74) is 2.47. The van der Waals surface area contributed by atoms with Gasteiger partial charge in [0, 0.05) is 10.4 Å². The fourth-order valence-electron chi connectivity index (χ4n) is 4.63. The van der Waals surface area contributed by atoms with Gasteiger partial charge < -0.3 is 19.3 Å². The van der Waals surface area contributed by atoms with Crippen LogP contribution in [0.25, 0.3) is 0 Å². The van der Waals surface area contributed by atoms with E-state index in [0.717, 1.165) is 68.1 Å². The number of benzene rings is 1. The molecule has 0 saturated carbocycles. The maximum atomic E-state index is 12.5. The zero-order valence-corrected chi connectivity index (χ0v) is 18.3. The van der Waals surface area contributed by atoms with Crippen LogP contribution in [0.1, 0.15) is 29.5 Å². The van der Waals surface area contributed by atoms with Gasteiger partial charge in [-0.3, -0.25) is 10.1 Å². The van der Waals surface area contributed by atoms with Crippen LogP contribution in [0.4, 0.5) is 5.13 Å². The van der Waals surface area contributed by atoms with Crippen molar-refractivity contribution in [2.75, 3.05) is 44.8 Å². The molecule has 2 aliphatic heterocycles. The quantitative estimate of drug-likeness (QED) is 0.621. The van der Waals surface area contributed by atoms with Crippen LogP contribution in [0.15, 0.2) is 18.2 Å². The average molecular weight is 431 g/mol. The monoisotopic (exact) mass is 430 g/mol. The Morgan fingerprint density at radius 3 is 2.87 bits per heavy atom. The molecule has 1 aliphatic carbocycles. The standard InChI is InChI=1S/C22H28N4O3S/c1-15-2-4-17-20(10-15)30-22(23-17)24-21(27)13-26-8-6-25(7-9-26)12-16-3-5-18-19(11-16)29-14-28-18/h3,5,11,15H,2,4,6-10,12-14H2,1H3,(H,23,24,27)/p+2/t15-/m0/s1. The molecule has 1 saturated heterocycles. The Morgan fingerprint density at radius 2 is 2.00 bits per heavy atom. The lowest BCUT2D eigenvalue weighted by molar-refractivity contribution is -1.02. The minimum atomic E-state index is 0.0865. The first-order valence-corrected chi connectivity index (χ1v) is 11.8. The van der Waals surface area contributed by atoms with Gasteiger partial charge >= 0.3 is 0 Å². The molecule has 3 aliphatic rings. The molecule has 30 heavy (non-hydrogen) atoms. The van der Waals surface area contributed by atoms with Crippen molar-refractivity contribution in [2.24, 2.45) is 5.92 Å². The summed E-state index contributed by atoms with van der Waals surface area (Å²) in [6.45, 7) is 8.29. The van der Waals surface area contributed by atoms with E-state index < -0.39 is 0 Å². The second kappa shape index (κ2) is 8.53. The van der Waals surface area contributed by atoms with E-state index in [1.807, 2.05) is 6.07 Å². The van der Waals surface area contributed by atoms with Crippen molar-refractivity contribution < 1.29 is 24.1 Å². The maximum absolute atomic E-state index is 12.5. The molecule has 3 N–H and O–H groups in total. The molecule has 7 nitrogen and oxygen atoms in total. The molecular weight excluding hydrogens is 400 g/mol. The molecule has 0 unspecified atom stereocenters. The van der Waals surface area contributed by atoms with Crippen LogP contribution in [0.3, 0.4) is 0 Å². The van der Waals surface area contributed by atoms with Gasteiger partial charge in [0.25, 0.3) is 5.91 Å². The second-order valence-electron chi connectivity index (χ2n) is 8.83. The van der Waals surface area contributed by atoms with Crippen molar-refractivity contribution in [3.8, 4) is 11.5 Å². The van der Waals surface area contributed by atoms with Crippen molar-refractivity contribution in [3.05, 3.63) is 34.3 Å². The highest BCUT2D eigenvalue weighted by molar-refractivity contribution is 7.15.